The largest absolute Gasteiger partial charge is 0.457 e. The van der Waals surface area contributed by atoms with Crippen LogP contribution in [-0.4, -0.2) is 11.2 Å². The second-order valence-corrected chi connectivity index (χ2v) is 6.76. The van der Waals surface area contributed by atoms with E-state index in [1.165, 1.54) is 23.5 Å². The van der Waals surface area contributed by atoms with Crippen LogP contribution < -0.4 is 10.2 Å². The monoisotopic (exact) mass is 389 g/mol. The predicted molar refractivity (Wildman–Crippen MR) is 112 cm³/mol. The van der Waals surface area contributed by atoms with Crippen LogP contribution in [0.4, 0.5) is 9.52 Å². The Morgan fingerprint density at radius 3 is 2.29 bits per heavy atom. The van der Waals surface area contributed by atoms with E-state index in [9.17, 15) is 4.39 Å². The Kier molecular flexibility index (Phi) is 5.40. The van der Waals surface area contributed by atoms with Gasteiger partial charge in [-0.15, -0.1) is 11.3 Å². The predicted octanol–water partition coefficient (Wildman–Crippen LogP) is 6.19. The highest BCUT2D eigenvalue weighted by Gasteiger charge is 2.03. The van der Waals surface area contributed by atoms with Crippen molar-refractivity contribution in [1.82, 2.24) is 4.98 Å². The first kappa shape index (κ1) is 17.9. The van der Waals surface area contributed by atoms with E-state index in [2.05, 4.69) is 15.5 Å². The Morgan fingerprint density at radius 1 is 0.893 bits per heavy atom. The number of hydrazone groups is 1. The zero-order valence-corrected chi connectivity index (χ0v) is 15.6. The van der Waals surface area contributed by atoms with Gasteiger partial charge in [-0.05, 0) is 54.1 Å². The number of nitrogens with zero attached hydrogens (tertiary/aromatic N) is 2. The summed E-state index contributed by atoms with van der Waals surface area (Å²) >= 11 is 1.50. The molecule has 0 aliphatic carbocycles. The normalized spacial score (nSPS) is 10.9. The summed E-state index contributed by atoms with van der Waals surface area (Å²) in [7, 11) is 0. The first-order valence-electron chi connectivity index (χ1n) is 8.60. The lowest BCUT2D eigenvalue weighted by atomic mass is 10.2. The van der Waals surface area contributed by atoms with E-state index in [1.807, 2.05) is 60.0 Å². The molecule has 4 rings (SSSR count). The van der Waals surface area contributed by atoms with Gasteiger partial charge in [0.2, 0.25) is 5.13 Å². The van der Waals surface area contributed by atoms with Crippen LogP contribution in [0.3, 0.4) is 0 Å². The third-order valence-corrected chi connectivity index (χ3v) is 4.62. The minimum atomic E-state index is -0.289. The third kappa shape index (κ3) is 4.61. The average Bonchev–Trinajstić information content (AvgIpc) is 3.21. The SMILES string of the molecule is Fc1ccc(Oc2ccc(C=NNc3nc(-c4ccccc4)cs3)cc2)cc1. The Labute approximate surface area is 166 Å². The molecule has 0 aliphatic rings. The lowest BCUT2D eigenvalue weighted by Crippen LogP contribution is -1.90. The lowest BCUT2D eigenvalue weighted by Gasteiger charge is -2.05. The molecule has 0 amide bonds. The first-order valence-corrected chi connectivity index (χ1v) is 9.48. The molecule has 4 aromatic rings. The molecule has 0 aliphatic heterocycles. The smallest absolute Gasteiger partial charge is 0.203 e. The van der Waals surface area contributed by atoms with Gasteiger partial charge in [-0.1, -0.05) is 30.3 Å². The van der Waals surface area contributed by atoms with Crippen molar-refractivity contribution in [2.24, 2.45) is 5.10 Å². The summed E-state index contributed by atoms with van der Waals surface area (Å²) in [6.07, 6.45) is 1.71. The topological polar surface area (TPSA) is 46.5 Å². The number of thiazole rings is 1. The van der Waals surface area contributed by atoms with Gasteiger partial charge in [0.15, 0.2) is 0 Å². The van der Waals surface area contributed by atoms with Gasteiger partial charge in [-0.3, -0.25) is 5.43 Å². The standard InChI is InChI=1S/C22H16FN3OS/c23-18-8-12-20(13-9-18)27-19-10-6-16(7-11-19)14-24-26-22-25-21(15-28-22)17-4-2-1-3-5-17/h1-15H,(H,25,26). The van der Waals surface area contributed by atoms with Crippen molar-refractivity contribution in [1.29, 1.82) is 0 Å². The zero-order valence-electron chi connectivity index (χ0n) is 14.7. The summed E-state index contributed by atoms with van der Waals surface area (Å²) in [5.74, 6) is 0.967. The number of hydrogen-bond donors (Lipinski definition) is 1. The highest BCUT2D eigenvalue weighted by atomic mass is 32.1. The molecule has 0 fully saturated rings. The van der Waals surface area contributed by atoms with Crippen molar-refractivity contribution in [2.75, 3.05) is 5.43 Å². The van der Waals surface area contributed by atoms with Gasteiger partial charge in [0, 0.05) is 10.9 Å². The highest BCUT2D eigenvalue weighted by Crippen LogP contribution is 2.24. The van der Waals surface area contributed by atoms with Gasteiger partial charge >= 0.3 is 0 Å². The maximum atomic E-state index is 12.9. The number of rotatable bonds is 6. The number of hydrogen-bond acceptors (Lipinski definition) is 5. The summed E-state index contributed by atoms with van der Waals surface area (Å²) in [6, 6.07) is 23.4. The van der Waals surface area contributed by atoms with E-state index in [-0.39, 0.29) is 5.82 Å². The van der Waals surface area contributed by atoms with E-state index in [0.717, 1.165) is 22.0 Å². The number of anilines is 1. The molecule has 4 nitrogen and oxygen atoms in total. The number of halogens is 1. The average molecular weight is 389 g/mol. The molecule has 0 spiro atoms. The van der Waals surface area contributed by atoms with Crippen molar-refractivity contribution in [3.8, 4) is 22.8 Å². The molecule has 1 heterocycles. The van der Waals surface area contributed by atoms with Crippen molar-refractivity contribution in [3.63, 3.8) is 0 Å². The summed E-state index contributed by atoms with van der Waals surface area (Å²) in [4.78, 5) is 4.53. The molecular formula is C22H16FN3OS. The minimum absolute atomic E-state index is 0.289. The highest BCUT2D eigenvalue weighted by molar-refractivity contribution is 7.14. The maximum Gasteiger partial charge on any atom is 0.203 e. The van der Waals surface area contributed by atoms with Gasteiger partial charge in [-0.25, -0.2) is 9.37 Å². The fraction of sp³-hybridized carbons (Fsp3) is 0. The summed E-state index contributed by atoms with van der Waals surface area (Å²) in [6.45, 7) is 0. The number of nitrogens with one attached hydrogen (secondary N) is 1. The molecule has 0 saturated carbocycles. The molecule has 138 valence electrons. The first-order chi connectivity index (χ1) is 13.8. The van der Waals surface area contributed by atoms with Crippen LogP contribution in [0.15, 0.2) is 89.3 Å². The van der Waals surface area contributed by atoms with Gasteiger partial charge in [-0.2, -0.15) is 5.10 Å². The van der Waals surface area contributed by atoms with Crippen LogP contribution in [0.25, 0.3) is 11.3 Å². The number of ether oxygens (including phenoxy) is 1. The molecule has 1 N–H and O–H groups in total. The second-order valence-electron chi connectivity index (χ2n) is 5.90. The summed E-state index contributed by atoms with van der Waals surface area (Å²) < 4.78 is 18.6. The molecule has 0 bridgehead atoms. The van der Waals surface area contributed by atoms with E-state index >= 15 is 0 Å². The fourth-order valence-corrected chi connectivity index (χ4v) is 3.16. The van der Waals surface area contributed by atoms with Gasteiger partial charge in [0.05, 0.1) is 11.9 Å². The van der Waals surface area contributed by atoms with Crippen LogP contribution in [-0.2, 0) is 0 Å². The Bertz CT molecular complexity index is 1060. The van der Waals surface area contributed by atoms with Gasteiger partial charge in [0.1, 0.15) is 17.3 Å². The van der Waals surface area contributed by atoms with E-state index in [1.54, 1.807) is 18.3 Å². The van der Waals surface area contributed by atoms with Crippen molar-refractivity contribution >= 4 is 22.7 Å². The molecule has 6 heteroatoms. The van der Waals surface area contributed by atoms with Crippen LogP contribution in [0.5, 0.6) is 11.5 Å². The number of benzene rings is 3. The Morgan fingerprint density at radius 2 is 1.57 bits per heavy atom. The van der Waals surface area contributed by atoms with Crippen LogP contribution in [0, 0.1) is 5.82 Å². The maximum absolute atomic E-state index is 12.9. The molecule has 0 atom stereocenters. The van der Waals surface area contributed by atoms with Gasteiger partial charge < -0.3 is 4.74 Å². The van der Waals surface area contributed by atoms with E-state index in [0.29, 0.717) is 11.5 Å². The summed E-state index contributed by atoms with van der Waals surface area (Å²) in [5.41, 5.74) is 5.87. The molecule has 1 aromatic heterocycles. The number of aromatic nitrogens is 1. The molecule has 3 aromatic carbocycles. The minimum Gasteiger partial charge on any atom is -0.457 e. The molecular weight excluding hydrogens is 373 g/mol. The van der Waals surface area contributed by atoms with Crippen molar-refractivity contribution in [3.05, 3.63) is 95.6 Å². The Hall–Kier alpha value is -3.51. The second kappa shape index (κ2) is 8.45. The van der Waals surface area contributed by atoms with Gasteiger partial charge in [0.25, 0.3) is 0 Å². The van der Waals surface area contributed by atoms with Crippen molar-refractivity contribution < 1.29 is 9.13 Å². The van der Waals surface area contributed by atoms with E-state index in [4.69, 9.17) is 4.74 Å². The zero-order chi connectivity index (χ0) is 19.2. The fourth-order valence-electron chi connectivity index (χ4n) is 2.49. The van der Waals surface area contributed by atoms with Crippen LogP contribution in [0.1, 0.15) is 5.56 Å². The van der Waals surface area contributed by atoms with Crippen LogP contribution >= 0.6 is 11.3 Å². The quantitative estimate of drug-likeness (QED) is 0.316. The van der Waals surface area contributed by atoms with E-state index < -0.39 is 0 Å². The molecule has 0 unspecified atom stereocenters. The summed E-state index contributed by atoms with van der Waals surface area (Å²) in [5, 5.41) is 6.96. The molecule has 0 radical (unpaired) electrons. The lowest BCUT2D eigenvalue weighted by molar-refractivity contribution is 0.480. The van der Waals surface area contributed by atoms with Crippen molar-refractivity contribution in [2.45, 2.75) is 0 Å². The third-order valence-electron chi connectivity index (χ3n) is 3.88. The molecule has 28 heavy (non-hydrogen) atoms. The van der Waals surface area contributed by atoms with Crippen LogP contribution in [0.2, 0.25) is 0 Å². The Balaban J connectivity index is 1.35. The molecule has 0 saturated heterocycles.